The Bertz CT molecular complexity index is 707. The van der Waals surface area contributed by atoms with Crippen LogP contribution in [-0.2, 0) is 13.6 Å². The molecule has 3 rings (SSSR count). The smallest absolute Gasteiger partial charge is 0.143 e. The number of pyridine rings is 1. The number of halogens is 1. The third kappa shape index (κ3) is 3.66. The highest BCUT2D eigenvalue weighted by Crippen LogP contribution is 2.23. The number of nitrogens with zero attached hydrogens (tertiary/aromatic N) is 5. The molecule has 0 aliphatic carbocycles. The fourth-order valence-electron chi connectivity index (χ4n) is 2.97. The minimum absolute atomic E-state index is 0.0683. The van der Waals surface area contributed by atoms with Gasteiger partial charge >= 0.3 is 0 Å². The molecule has 0 bridgehead atoms. The van der Waals surface area contributed by atoms with E-state index in [2.05, 4.69) is 26.4 Å². The van der Waals surface area contributed by atoms with E-state index in [1.165, 1.54) is 0 Å². The summed E-state index contributed by atoms with van der Waals surface area (Å²) < 4.78 is 15.6. The average Bonchev–Trinajstić information content (AvgIpc) is 3.11. The first-order valence-corrected chi connectivity index (χ1v) is 7.60. The van der Waals surface area contributed by atoms with Crippen LogP contribution in [0.25, 0.3) is 0 Å². The molecule has 1 N–H and O–H groups in total. The summed E-state index contributed by atoms with van der Waals surface area (Å²) in [6.07, 6.45) is 5.06. The third-order valence-electron chi connectivity index (χ3n) is 4.05. The summed E-state index contributed by atoms with van der Waals surface area (Å²) in [7, 11) is 1.87. The minimum atomic E-state index is -0.822. The van der Waals surface area contributed by atoms with Crippen LogP contribution in [-0.4, -0.2) is 45.0 Å². The molecule has 0 amide bonds. The first-order chi connectivity index (χ1) is 11.2. The number of likely N-dealkylation sites (tertiary alicyclic amines) is 1. The van der Waals surface area contributed by atoms with Crippen molar-refractivity contribution in [2.24, 2.45) is 7.05 Å². The second-order valence-electron chi connectivity index (χ2n) is 5.83. The maximum Gasteiger partial charge on any atom is 0.143 e. The molecule has 1 fully saturated rings. The number of nitriles is 1. The molecular weight excluding hydrogens is 295 g/mol. The van der Waals surface area contributed by atoms with Crippen molar-refractivity contribution in [3.63, 3.8) is 0 Å². The number of hydrogen-bond donors (Lipinski definition) is 1. The van der Waals surface area contributed by atoms with E-state index in [0.717, 1.165) is 5.56 Å². The summed E-state index contributed by atoms with van der Waals surface area (Å²) in [5.41, 5.74) is 1.57. The van der Waals surface area contributed by atoms with Gasteiger partial charge in [0.1, 0.15) is 18.1 Å². The number of aryl methyl sites for hydroxylation is 1. The minimum Gasteiger partial charge on any atom is -0.367 e. The summed E-state index contributed by atoms with van der Waals surface area (Å²) in [5, 5.41) is 16.4. The lowest BCUT2D eigenvalue weighted by molar-refractivity contribution is 0.241. The normalized spacial score (nSPS) is 21.3. The van der Waals surface area contributed by atoms with Crippen molar-refractivity contribution in [2.75, 3.05) is 18.4 Å². The molecule has 2 aromatic heterocycles. The Kier molecular flexibility index (Phi) is 4.53. The highest BCUT2D eigenvalue weighted by Gasteiger charge is 2.32. The van der Waals surface area contributed by atoms with Crippen LogP contribution >= 0.6 is 0 Å². The van der Waals surface area contributed by atoms with Crippen LogP contribution in [0.5, 0.6) is 0 Å². The summed E-state index contributed by atoms with van der Waals surface area (Å²) in [6, 6.07) is 5.62. The molecule has 2 aromatic rings. The first kappa shape index (κ1) is 15.4. The fourth-order valence-corrected chi connectivity index (χ4v) is 2.97. The molecule has 0 spiro atoms. The molecule has 6 nitrogen and oxygen atoms in total. The number of alkyl halides is 1. The maximum atomic E-state index is 13.8. The lowest BCUT2D eigenvalue weighted by Crippen LogP contribution is -2.34. The van der Waals surface area contributed by atoms with Gasteiger partial charge in [0.05, 0.1) is 11.8 Å². The van der Waals surface area contributed by atoms with Gasteiger partial charge in [0.2, 0.25) is 0 Å². The summed E-state index contributed by atoms with van der Waals surface area (Å²) >= 11 is 0. The Balaban J connectivity index is 1.64. The van der Waals surface area contributed by atoms with Crippen molar-refractivity contribution in [2.45, 2.75) is 25.2 Å². The molecular formula is C16H19FN6. The predicted molar refractivity (Wildman–Crippen MR) is 84.4 cm³/mol. The quantitative estimate of drug-likeness (QED) is 0.910. The fraction of sp³-hybridized carbons (Fsp3) is 0.438. The molecule has 120 valence electrons. The Morgan fingerprint density at radius 3 is 3.13 bits per heavy atom. The molecule has 1 aliphatic heterocycles. The van der Waals surface area contributed by atoms with Gasteiger partial charge in [0.25, 0.3) is 0 Å². The van der Waals surface area contributed by atoms with Crippen LogP contribution in [0.3, 0.4) is 0 Å². The van der Waals surface area contributed by atoms with Gasteiger partial charge in [-0.25, -0.2) is 9.37 Å². The molecule has 1 saturated heterocycles. The molecule has 3 heterocycles. The van der Waals surface area contributed by atoms with Crippen molar-refractivity contribution >= 4 is 5.82 Å². The van der Waals surface area contributed by atoms with Crippen molar-refractivity contribution in [3.8, 4) is 6.07 Å². The number of anilines is 1. The molecule has 0 saturated carbocycles. The van der Waals surface area contributed by atoms with Crippen LogP contribution in [0.1, 0.15) is 17.5 Å². The number of nitrogens with one attached hydrogen (secondary N) is 1. The van der Waals surface area contributed by atoms with E-state index in [4.69, 9.17) is 5.26 Å². The van der Waals surface area contributed by atoms with E-state index in [1.807, 2.05) is 19.4 Å². The molecule has 1 aliphatic rings. The zero-order valence-electron chi connectivity index (χ0n) is 13.0. The summed E-state index contributed by atoms with van der Waals surface area (Å²) in [4.78, 5) is 6.30. The van der Waals surface area contributed by atoms with Gasteiger partial charge in [-0.3, -0.25) is 9.58 Å². The lowest BCUT2D eigenvalue weighted by Gasteiger charge is -2.24. The van der Waals surface area contributed by atoms with Crippen LogP contribution in [0.15, 0.2) is 30.7 Å². The van der Waals surface area contributed by atoms with Crippen LogP contribution in [0.2, 0.25) is 0 Å². The molecule has 0 aromatic carbocycles. The van der Waals surface area contributed by atoms with Crippen molar-refractivity contribution in [3.05, 3.63) is 41.9 Å². The number of hydrogen-bond acceptors (Lipinski definition) is 5. The highest BCUT2D eigenvalue weighted by atomic mass is 19.1. The number of aromatic nitrogens is 3. The topological polar surface area (TPSA) is 69.8 Å². The van der Waals surface area contributed by atoms with Gasteiger partial charge in [0.15, 0.2) is 0 Å². The number of rotatable bonds is 5. The van der Waals surface area contributed by atoms with Gasteiger partial charge in [-0.15, -0.1) is 0 Å². The maximum absolute atomic E-state index is 13.8. The monoisotopic (exact) mass is 314 g/mol. The van der Waals surface area contributed by atoms with E-state index >= 15 is 0 Å². The molecule has 0 unspecified atom stereocenters. The highest BCUT2D eigenvalue weighted by molar-refractivity contribution is 5.51. The van der Waals surface area contributed by atoms with Gasteiger partial charge in [-0.2, -0.15) is 10.4 Å². The van der Waals surface area contributed by atoms with E-state index < -0.39 is 6.17 Å². The summed E-state index contributed by atoms with van der Waals surface area (Å²) in [6.45, 7) is 1.66. The average molecular weight is 314 g/mol. The SMILES string of the molecule is Cn1cc(CN2C[C@@H](F)C[C@H]2CNc2ncccc2C#N)cn1. The Labute approximate surface area is 134 Å². The van der Waals surface area contributed by atoms with E-state index in [0.29, 0.717) is 37.4 Å². The first-order valence-electron chi connectivity index (χ1n) is 7.60. The van der Waals surface area contributed by atoms with Crippen LogP contribution in [0.4, 0.5) is 10.2 Å². The predicted octanol–water partition coefficient (Wildman–Crippen LogP) is 1.71. The van der Waals surface area contributed by atoms with E-state index in [9.17, 15) is 4.39 Å². The Morgan fingerprint density at radius 1 is 1.52 bits per heavy atom. The third-order valence-corrected chi connectivity index (χ3v) is 4.05. The van der Waals surface area contributed by atoms with Crippen LogP contribution < -0.4 is 5.32 Å². The lowest BCUT2D eigenvalue weighted by atomic mass is 10.2. The second-order valence-corrected chi connectivity index (χ2v) is 5.83. The Hall–Kier alpha value is -2.46. The van der Waals surface area contributed by atoms with Crippen molar-refractivity contribution < 1.29 is 4.39 Å². The van der Waals surface area contributed by atoms with E-state index in [-0.39, 0.29) is 6.04 Å². The zero-order chi connectivity index (χ0) is 16.2. The van der Waals surface area contributed by atoms with Gasteiger partial charge in [-0.05, 0) is 18.6 Å². The van der Waals surface area contributed by atoms with Crippen molar-refractivity contribution in [1.82, 2.24) is 19.7 Å². The molecule has 0 radical (unpaired) electrons. The zero-order valence-corrected chi connectivity index (χ0v) is 13.0. The standard InChI is InChI=1S/C16H19FN6/c1-22-9-12(7-21-22)10-23-11-14(17)5-15(23)8-20-16-13(6-18)3-2-4-19-16/h2-4,7,9,14-15H,5,8,10-11H2,1H3,(H,19,20)/t14-,15-/m0/s1. The molecule has 23 heavy (non-hydrogen) atoms. The van der Waals surface area contributed by atoms with Crippen molar-refractivity contribution in [1.29, 1.82) is 5.26 Å². The van der Waals surface area contributed by atoms with E-state index in [1.54, 1.807) is 23.0 Å². The largest absolute Gasteiger partial charge is 0.367 e. The second kappa shape index (κ2) is 6.75. The summed E-state index contributed by atoms with van der Waals surface area (Å²) in [5.74, 6) is 0.554. The van der Waals surface area contributed by atoms with Gasteiger partial charge in [-0.1, -0.05) is 0 Å². The molecule has 7 heteroatoms. The Morgan fingerprint density at radius 2 is 2.39 bits per heavy atom. The van der Waals surface area contributed by atoms with Crippen LogP contribution in [0, 0.1) is 11.3 Å². The van der Waals surface area contributed by atoms with Gasteiger partial charge < -0.3 is 5.32 Å². The van der Waals surface area contributed by atoms with Gasteiger partial charge in [0, 0.05) is 50.7 Å². The molecule has 2 atom stereocenters.